The number of rotatable bonds is 6. The van der Waals surface area contributed by atoms with E-state index < -0.39 is 0 Å². The number of benzene rings is 2. The van der Waals surface area contributed by atoms with E-state index in [0.717, 1.165) is 11.3 Å². The second kappa shape index (κ2) is 8.20. The first-order chi connectivity index (χ1) is 15.6. The van der Waals surface area contributed by atoms with Crippen LogP contribution in [0.1, 0.15) is 5.56 Å². The summed E-state index contributed by atoms with van der Waals surface area (Å²) in [7, 11) is 1.77. The van der Waals surface area contributed by atoms with E-state index in [1.54, 1.807) is 36.1 Å². The van der Waals surface area contributed by atoms with Crippen molar-refractivity contribution in [1.29, 1.82) is 0 Å². The molecule has 0 saturated heterocycles. The van der Waals surface area contributed by atoms with Crippen LogP contribution in [0.25, 0.3) is 11.2 Å². The Balaban J connectivity index is 1.50. The topological polar surface area (TPSA) is 100 Å². The predicted molar refractivity (Wildman–Crippen MR) is 120 cm³/mol. The van der Waals surface area contributed by atoms with Crippen LogP contribution in [0.4, 0.5) is 11.6 Å². The number of aryl methyl sites for hydroxylation is 1. The summed E-state index contributed by atoms with van der Waals surface area (Å²) in [6, 6.07) is 16.3. The molecular formula is C22H17ClN6O3. The third kappa shape index (κ3) is 3.93. The fourth-order valence-electron chi connectivity index (χ4n) is 3.30. The smallest absolute Gasteiger partial charge is 0.300 e. The Morgan fingerprint density at radius 2 is 1.88 bits per heavy atom. The monoisotopic (exact) mass is 448 g/mol. The van der Waals surface area contributed by atoms with Crippen molar-refractivity contribution in [2.45, 2.75) is 6.54 Å². The second-order valence-electron chi connectivity index (χ2n) is 7.07. The molecule has 0 atom stereocenters. The highest BCUT2D eigenvalue weighted by atomic mass is 35.5. The number of imidazole rings is 1. The van der Waals surface area contributed by atoms with Gasteiger partial charge in [0, 0.05) is 23.8 Å². The van der Waals surface area contributed by atoms with Gasteiger partial charge in [-0.3, -0.25) is 9.36 Å². The molecule has 5 rings (SSSR count). The molecule has 0 aliphatic heterocycles. The van der Waals surface area contributed by atoms with Gasteiger partial charge >= 0.3 is 5.56 Å². The molecule has 0 amide bonds. The van der Waals surface area contributed by atoms with Crippen LogP contribution in [0, 0.1) is 0 Å². The maximum Gasteiger partial charge on any atom is 0.300 e. The zero-order valence-electron chi connectivity index (χ0n) is 16.9. The van der Waals surface area contributed by atoms with Gasteiger partial charge in [-0.2, -0.15) is 4.98 Å². The minimum absolute atomic E-state index is 0.360. The molecule has 3 heterocycles. The summed E-state index contributed by atoms with van der Waals surface area (Å²) < 4.78 is 13.9. The molecule has 0 saturated carbocycles. The van der Waals surface area contributed by atoms with Crippen LogP contribution < -0.4 is 15.6 Å². The maximum atomic E-state index is 12.7. The fourth-order valence-corrected chi connectivity index (χ4v) is 3.43. The van der Waals surface area contributed by atoms with Crippen molar-refractivity contribution >= 4 is 34.4 Å². The Hall–Kier alpha value is -4.11. The molecule has 0 unspecified atom stereocenters. The van der Waals surface area contributed by atoms with E-state index in [1.807, 2.05) is 41.0 Å². The van der Waals surface area contributed by atoms with Crippen LogP contribution in [-0.4, -0.2) is 24.3 Å². The number of hydrogen-bond acceptors (Lipinski definition) is 7. The van der Waals surface area contributed by atoms with E-state index >= 15 is 0 Å². The van der Waals surface area contributed by atoms with E-state index in [2.05, 4.69) is 20.4 Å². The Kier molecular flexibility index (Phi) is 5.08. The summed E-state index contributed by atoms with van der Waals surface area (Å²) >= 11 is 6.02. The van der Waals surface area contributed by atoms with Crippen LogP contribution >= 0.6 is 11.6 Å². The van der Waals surface area contributed by atoms with Crippen molar-refractivity contribution in [3.8, 4) is 11.6 Å². The minimum Gasteiger partial charge on any atom is -0.436 e. The van der Waals surface area contributed by atoms with Crippen molar-refractivity contribution < 1.29 is 9.26 Å². The quantitative estimate of drug-likeness (QED) is 0.412. The molecule has 0 aliphatic carbocycles. The molecule has 10 heteroatoms. The summed E-state index contributed by atoms with van der Waals surface area (Å²) in [6.07, 6.45) is 3.04. The fraction of sp³-hybridized carbons (Fsp3) is 0.0909. The number of halogens is 1. The lowest BCUT2D eigenvalue weighted by atomic mass is 10.2. The molecule has 0 fully saturated rings. The highest BCUT2D eigenvalue weighted by Crippen LogP contribution is 2.24. The highest BCUT2D eigenvalue weighted by Gasteiger charge is 2.16. The number of aromatic nitrogens is 5. The molecule has 0 aliphatic rings. The largest absolute Gasteiger partial charge is 0.436 e. The molecule has 1 N–H and O–H groups in total. The van der Waals surface area contributed by atoms with Gasteiger partial charge in [0.25, 0.3) is 5.88 Å². The number of hydrogen-bond donors (Lipinski definition) is 1. The lowest BCUT2D eigenvalue weighted by Gasteiger charge is -2.15. The van der Waals surface area contributed by atoms with Crippen LogP contribution in [0.15, 0.2) is 76.5 Å². The van der Waals surface area contributed by atoms with E-state index in [0.29, 0.717) is 40.3 Å². The Labute approximate surface area is 186 Å². The lowest BCUT2D eigenvalue weighted by molar-refractivity contribution is 0.367. The highest BCUT2D eigenvalue weighted by molar-refractivity contribution is 6.30. The number of nitrogens with one attached hydrogen (secondary N) is 1. The van der Waals surface area contributed by atoms with Crippen molar-refractivity contribution in [3.63, 3.8) is 0 Å². The number of ether oxygens (including phenoxy) is 1. The van der Waals surface area contributed by atoms with Crippen LogP contribution in [0.2, 0.25) is 5.02 Å². The van der Waals surface area contributed by atoms with Crippen LogP contribution in [-0.2, 0) is 13.6 Å². The molecule has 0 spiro atoms. The number of nitrogens with zero attached hydrogens (tertiary/aromatic N) is 5. The van der Waals surface area contributed by atoms with E-state index in [-0.39, 0.29) is 5.56 Å². The van der Waals surface area contributed by atoms with E-state index in [4.69, 9.17) is 20.9 Å². The normalized spacial score (nSPS) is 11.1. The average Bonchev–Trinajstić information content (AvgIpc) is 3.44. The SMILES string of the molecule is Cn1cnc2c1c(=O)nc(Nc1ccc(Oc3ccon3)cc1)n2Cc1ccc(Cl)cc1. The van der Waals surface area contributed by atoms with Gasteiger partial charge in [-0.15, -0.1) is 0 Å². The molecule has 0 bridgehead atoms. The Morgan fingerprint density at radius 3 is 2.59 bits per heavy atom. The molecule has 32 heavy (non-hydrogen) atoms. The summed E-state index contributed by atoms with van der Waals surface area (Å²) in [5.74, 6) is 1.34. The molecule has 9 nitrogen and oxygen atoms in total. The third-order valence-corrected chi connectivity index (χ3v) is 5.09. The second-order valence-corrected chi connectivity index (χ2v) is 7.51. The third-order valence-electron chi connectivity index (χ3n) is 4.84. The van der Waals surface area contributed by atoms with Gasteiger partial charge in [-0.05, 0) is 47.1 Å². The van der Waals surface area contributed by atoms with Crippen molar-refractivity contribution in [1.82, 2.24) is 24.3 Å². The standard InChI is InChI=1S/C22H17ClN6O3/c1-28-13-24-20-19(28)21(30)26-22(29(20)12-14-2-4-15(23)5-3-14)25-16-6-8-17(9-7-16)32-18-10-11-31-27-18/h2-11,13H,12H2,1H3,(H,25,26,30). The average molecular weight is 449 g/mol. The zero-order chi connectivity index (χ0) is 22.1. The Morgan fingerprint density at radius 1 is 1.09 bits per heavy atom. The van der Waals surface area contributed by atoms with E-state index in [9.17, 15) is 4.79 Å². The van der Waals surface area contributed by atoms with Gasteiger partial charge in [0.1, 0.15) is 12.0 Å². The number of fused-ring (bicyclic) bond motifs is 1. The summed E-state index contributed by atoms with van der Waals surface area (Å²) in [6.45, 7) is 0.452. The molecule has 2 aromatic carbocycles. The first-order valence-corrected chi connectivity index (χ1v) is 10.1. The van der Waals surface area contributed by atoms with Gasteiger partial charge < -0.3 is 19.1 Å². The zero-order valence-corrected chi connectivity index (χ0v) is 17.7. The summed E-state index contributed by atoms with van der Waals surface area (Å²) in [5.41, 5.74) is 2.33. The lowest BCUT2D eigenvalue weighted by Crippen LogP contribution is -2.19. The van der Waals surface area contributed by atoms with Crippen molar-refractivity contribution in [3.05, 3.63) is 88.1 Å². The van der Waals surface area contributed by atoms with Gasteiger partial charge in [0.05, 0.1) is 12.9 Å². The van der Waals surface area contributed by atoms with Gasteiger partial charge in [0.2, 0.25) is 5.95 Å². The first kappa shape index (κ1) is 19.8. The van der Waals surface area contributed by atoms with Gasteiger partial charge in [0.15, 0.2) is 11.2 Å². The van der Waals surface area contributed by atoms with Crippen molar-refractivity contribution in [2.75, 3.05) is 5.32 Å². The van der Waals surface area contributed by atoms with Crippen LogP contribution in [0.3, 0.4) is 0 Å². The van der Waals surface area contributed by atoms with Crippen molar-refractivity contribution in [2.24, 2.45) is 7.05 Å². The van der Waals surface area contributed by atoms with Crippen LogP contribution in [0.5, 0.6) is 11.6 Å². The van der Waals surface area contributed by atoms with Gasteiger partial charge in [-0.25, -0.2) is 4.98 Å². The first-order valence-electron chi connectivity index (χ1n) is 9.68. The molecule has 160 valence electrons. The minimum atomic E-state index is -0.360. The molecule has 3 aromatic heterocycles. The predicted octanol–water partition coefficient (Wildman–Crippen LogP) is 4.36. The van der Waals surface area contributed by atoms with Gasteiger partial charge in [-0.1, -0.05) is 23.7 Å². The summed E-state index contributed by atoms with van der Waals surface area (Å²) in [4.78, 5) is 21.4. The number of anilines is 2. The molecule has 0 radical (unpaired) electrons. The molecular weight excluding hydrogens is 432 g/mol. The molecule has 5 aromatic rings. The van der Waals surface area contributed by atoms with E-state index in [1.165, 1.54) is 6.26 Å². The summed E-state index contributed by atoms with van der Waals surface area (Å²) in [5, 5.41) is 7.59. The Bertz CT molecular complexity index is 1420. The maximum absolute atomic E-state index is 12.7.